The van der Waals surface area contributed by atoms with Crippen LogP contribution in [0, 0.1) is 0 Å². The molecule has 1 aliphatic heterocycles. The van der Waals surface area contributed by atoms with E-state index in [1.807, 2.05) is 24.8 Å². The Labute approximate surface area is 105 Å². The SMILES string of the molecule is CCOCCSC1=Nc2ccccc2CS1. The van der Waals surface area contributed by atoms with Crippen molar-refractivity contribution < 1.29 is 4.74 Å². The van der Waals surface area contributed by atoms with Gasteiger partial charge >= 0.3 is 0 Å². The summed E-state index contributed by atoms with van der Waals surface area (Å²) < 4.78 is 6.47. The van der Waals surface area contributed by atoms with E-state index >= 15 is 0 Å². The molecule has 2 nitrogen and oxygen atoms in total. The van der Waals surface area contributed by atoms with Gasteiger partial charge in [0.2, 0.25) is 0 Å². The van der Waals surface area contributed by atoms with Crippen LogP contribution in [0.1, 0.15) is 12.5 Å². The van der Waals surface area contributed by atoms with Crippen LogP contribution in [0.2, 0.25) is 0 Å². The number of hydrogen-bond donors (Lipinski definition) is 0. The summed E-state index contributed by atoms with van der Waals surface area (Å²) in [6.45, 7) is 3.62. The Morgan fingerprint density at radius 3 is 3.19 bits per heavy atom. The molecule has 0 bridgehead atoms. The second-order valence-electron chi connectivity index (χ2n) is 3.34. The van der Waals surface area contributed by atoms with Gasteiger partial charge in [-0.1, -0.05) is 41.7 Å². The molecule has 0 aliphatic carbocycles. The molecule has 1 heterocycles. The van der Waals surface area contributed by atoms with Crippen LogP contribution >= 0.6 is 23.5 Å². The van der Waals surface area contributed by atoms with E-state index in [2.05, 4.69) is 23.2 Å². The van der Waals surface area contributed by atoms with E-state index in [1.54, 1.807) is 11.8 Å². The fourth-order valence-electron chi connectivity index (χ4n) is 1.42. The van der Waals surface area contributed by atoms with E-state index in [9.17, 15) is 0 Å². The maximum Gasteiger partial charge on any atom is 0.130 e. The minimum absolute atomic E-state index is 0.795. The van der Waals surface area contributed by atoms with Gasteiger partial charge in [0.1, 0.15) is 4.38 Å². The molecule has 1 aromatic carbocycles. The number of benzene rings is 1. The normalized spacial score (nSPS) is 14.4. The molecule has 0 N–H and O–H groups in total. The quantitative estimate of drug-likeness (QED) is 0.764. The van der Waals surface area contributed by atoms with E-state index in [-0.39, 0.29) is 0 Å². The molecular formula is C12H15NOS2. The zero-order valence-electron chi connectivity index (χ0n) is 9.31. The molecule has 0 saturated heterocycles. The first-order valence-electron chi connectivity index (χ1n) is 5.40. The van der Waals surface area contributed by atoms with Gasteiger partial charge < -0.3 is 4.74 Å². The number of ether oxygens (including phenoxy) is 1. The highest BCUT2D eigenvalue weighted by molar-refractivity contribution is 8.38. The number of rotatable bonds is 4. The smallest absolute Gasteiger partial charge is 0.130 e. The van der Waals surface area contributed by atoms with Crippen molar-refractivity contribution in [3.63, 3.8) is 0 Å². The molecule has 0 amide bonds. The first kappa shape index (κ1) is 12.0. The molecule has 0 atom stereocenters. The largest absolute Gasteiger partial charge is 0.381 e. The third kappa shape index (κ3) is 3.27. The molecule has 0 spiro atoms. The van der Waals surface area contributed by atoms with Crippen molar-refractivity contribution in [2.24, 2.45) is 4.99 Å². The van der Waals surface area contributed by atoms with Crippen LogP contribution in [-0.4, -0.2) is 23.3 Å². The predicted molar refractivity (Wildman–Crippen MR) is 73.8 cm³/mol. The Hall–Kier alpha value is -0.450. The van der Waals surface area contributed by atoms with Crippen molar-refractivity contribution in [3.8, 4) is 0 Å². The summed E-state index contributed by atoms with van der Waals surface area (Å²) in [5, 5.41) is 0. The van der Waals surface area contributed by atoms with Gasteiger partial charge in [-0.3, -0.25) is 0 Å². The van der Waals surface area contributed by atoms with Crippen molar-refractivity contribution in [1.82, 2.24) is 0 Å². The Balaban J connectivity index is 1.91. The fourth-order valence-corrected chi connectivity index (χ4v) is 3.40. The van der Waals surface area contributed by atoms with Gasteiger partial charge in [0.25, 0.3) is 0 Å². The number of para-hydroxylation sites is 1. The molecule has 2 rings (SSSR count). The van der Waals surface area contributed by atoms with E-state index in [1.165, 1.54) is 9.94 Å². The van der Waals surface area contributed by atoms with Gasteiger partial charge in [-0.05, 0) is 18.6 Å². The molecule has 16 heavy (non-hydrogen) atoms. The van der Waals surface area contributed by atoms with Crippen LogP contribution in [0.3, 0.4) is 0 Å². The van der Waals surface area contributed by atoms with Gasteiger partial charge in [-0.2, -0.15) is 0 Å². The van der Waals surface area contributed by atoms with E-state index in [0.29, 0.717) is 0 Å². The molecule has 0 radical (unpaired) electrons. The molecule has 0 unspecified atom stereocenters. The van der Waals surface area contributed by atoms with Crippen molar-refractivity contribution in [2.45, 2.75) is 12.7 Å². The molecule has 0 fully saturated rings. The summed E-state index contributed by atoms with van der Waals surface area (Å²) in [6, 6.07) is 8.34. The van der Waals surface area contributed by atoms with Gasteiger partial charge in [0.05, 0.1) is 12.3 Å². The van der Waals surface area contributed by atoms with E-state index in [4.69, 9.17) is 4.74 Å². The highest BCUT2D eigenvalue weighted by Gasteiger charge is 2.11. The molecule has 0 saturated carbocycles. The lowest BCUT2D eigenvalue weighted by Gasteiger charge is -2.13. The van der Waals surface area contributed by atoms with Crippen molar-refractivity contribution in [1.29, 1.82) is 0 Å². The lowest BCUT2D eigenvalue weighted by Crippen LogP contribution is -2.01. The predicted octanol–water partition coefficient (Wildman–Crippen LogP) is 3.69. The maximum absolute atomic E-state index is 5.31. The molecular weight excluding hydrogens is 238 g/mol. The highest BCUT2D eigenvalue weighted by Crippen LogP contribution is 2.34. The Morgan fingerprint density at radius 1 is 1.44 bits per heavy atom. The lowest BCUT2D eigenvalue weighted by molar-refractivity contribution is 0.164. The zero-order chi connectivity index (χ0) is 11.2. The number of fused-ring (bicyclic) bond motifs is 1. The monoisotopic (exact) mass is 253 g/mol. The van der Waals surface area contributed by atoms with Crippen LogP contribution in [0.5, 0.6) is 0 Å². The van der Waals surface area contributed by atoms with Crippen LogP contribution in [0.25, 0.3) is 0 Å². The number of thioether (sulfide) groups is 2. The minimum atomic E-state index is 0.795. The summed E-state index contributed by atoms with van der Waals surface area (Å²) in [4.78, 5) is 4.63. The van der Waals surface area contributed by atoms with Crippen molar-refractivity contribution in [3.05, 3.63) is 29.8 Å². The minimum Gasteiger partial charge on any atom is -0.381 e. The highest BCUT2D eigenvalue weighted by atomic mass is 32.2. The molecule has 4 heteroatoms. The first-order valence-corrected chi connectivity index (χ1v) is 7.37. The molecule has 1 aliphatic rings. The van der Waals surface area contributed by atoms with Gasteiger partial charge in [-0.25, -0.2) is 4.99 Å². The third-order valence-corrected chi connectivity index (χ3v) is 4.42. The zero-order valence-corrected chi connectivity index (χ0v) is 10.9. The van der Waals surface area contributed by atoms with Crippen LogP contribution in [-0.2, 0) is 10.5 Å². The summed E-state index contributed by atoms with van der Waals surface area (Å²) in [5.41, 5.74) is 2.46. The van der Waals surface area contributed by atoms with Crippen molar-refractivity contribution >= 4 is 33.6 Å². The topological polar surface area (TPSA) is 21.6 Å². The summed E-state index contributed by atoms with van der Waals surface area (Å²) in [7, 11) is 0. The average Bonchev–Trinajstić information content (AvgIpc) is 2.34. The molecule has 0 aromatic heterocycles. The van der Waals surface area contributed by atoms with Gasteiger partial charge in [0.15, 0.2) is 0 Å². The van der Waals surface area contributed by atoms with Gasteiger partial charge in [-0.15, -0.1) is 0 Å². The van der Waals surface area contributed by atoms with Crippen molar-refractivity contribution in [2.75, 3.05) is 19.0 Å². The summed E-state index contributed by atoms with van der Waals surface area (Å²) in [6.07, 6.45) is 0. The fraction of sp³-hybridized carbons (Fsp3) is 0.417. The second-order valence-corrected chi connectivity index (χ2v) is 5.65. The Bertz CT molecular complexity index is 379. The molecule has 86 valence electrons. The summed E-state index contributed by atoms with van der Waals surface area (Å²) in [5.74, 6) is 2.03. The van der Waals surface area contributed by atoms with E-state index in [0.717, 1.165) is 30.4 Å². The standard InChI is InChI=1S/C12H15NOS2/c1-2-14-7-8-15-12-13-11-6-4-3-5-10(11)9-16-12/h3-6H,2,7-9H2,1H3. The first-order chi connectivity index (χ1) is 7.90. The number of nitrogens with zero attached hydrogens (tertiary/aromatic N) is 1. The Kier molecular flexibility index (Phi) is 4.75. The van der Waals surface area contributed by atoms with E-state index < -0.39 is 0 Å². The molecule has 1 aromatic rings. The average molecular weight is 253 g/mol. The van der Waals surface area contributed by atoms with Crippen LogP contribution in [0.4, 0.5) is 5.69 Å². The number of aliphatic imine (C=N–C) groups is 1. The lowest BCUT2D eigenvalue weighted by atomic mass is 10.2. The van der Waals surface area contributed by atoms with Gasteiger partial charge in [0, 0.05) is 18.1 Å². The second kappa shape index (κ2) is 6.33. The number of hydrogen-bond acceptors (Lipinski definition) is 4. The maximum atomic E-state index is 5.31. The summed E-state index contributed by atoms with van der Waals surface area (Å²) >= 11 is 3.61. The Morgan fingerprint density at radius 2 is 2.31 bits per heavy atom. The van der Waals surface area contributed by atoms with Crippen LogP contribution < -0.4 is 0 Å². The third-order valence-electron chi connectivity index (χ3n) is 2.21. The van der Waals surface area contributed by atoms with Crippen LogP contribution in [0.15, 0.2) is 29.3 Å².